The van der Waals surface area contributed by atoms with E-state index in [-0.39, 0.29) is 31.1 Å². The molecule has 0 aromatic rings. The van der Waals surface area contributed by atoms with E-state index in [1.165, 1.54) is 250 Å². The zero-order valence-electron chi connectivity index (χ0n) is 49.2. The molecule has 0 saturated heterocycles. The quantitative estimate of drug-likeness (QED) is 0.0261. The highest BCUT2D eigenvalue weighted by atomic mass is 16.6. The first kappa shape index (κ1) is 70.6. The van der Waals surface area contributed by atoms with Gasteiger partial charge in [-0.05, 0) is 77.0 Å². The molecule has 1 atom stereocenters. The van der Waals surface area contributed by atoms with Crippen LogP contribution in [0.4, 0.5) is 0 Å². The van der Waals surface area contributed by atoms with Gasteiger partial charge < -0.3 is 14.2 Å². The van der Waals surface area contributed by atoms with E-state index in [0.29, 0.717) is 19.3 Å². The van der Waals surface area contributed by atoms with Crippen molar-refractivity contribution in [3.63, 3.8) is 0 Å². The van der Waals surface area contributed by atoms with Crippen LogP contribution in [0.25, 0.3) is 0 Å². The van der Waals surface area contributed by atoms with Crippen LogP contribution < -0.4 is 0 Å². The molecular formula is C67H124O6. The van der Waals surface area contributed by atoms with Gasteiger partial charge >= 0.3 is 17.9 Å². The molecule has 0 radical (unpaired) electrons. The summed E-state index contributed by atoms with van der Waals surface area (Å²) < 4.78 is 17.0. The predicted molar refractivity (Wildman–Crippen MR) is 316 cm³/mol. The largest absolute Gasteiger partial charge is 0.462 e. The summed E-state index contributed by atoms with van der Waals surface area (Å²) in [6.07, 6.45) is 75.7. The van der Waals surface area contributed by atoms with E-state index in [9.17, 15) is 14.4 Å². The minimum Gasteiger partial charge on any atom is -0.462 e. The van der Waals surface area contributed by atoms with Crippen LogP contribution in [0.5, 0.6) is 0 Å². The van der Waals surface area contributed by atoms with Crippen molar-refractivity contribution in [3.8, 4) is 0 Å². The summed E-state index contributed by atoms with van der Waals surface area (Å²) in [6, 6.07) is 0. The molecule has 0 N–H and O–H groups in total. The van der Waals surface area contributed by atoms with E-state index >= 15 is 0 Å². The number of hydrogen-bond donors (Lipinski definition) is 0. The third-order valence-electron chi connectivity index (χ3n) is 14.6. The Morgan fingerprint density at radius 1 is 0.274 bits per heavy atom. The molecule has 0 aliphatic carbocycles. The molecule has 428 valence electrons. The highest BCUT2D eigenvalue weighted by molar-refractivity contribution is 5.71. The van der Waals surface area contributed by atoms with Gasteiger partial charge in [0.25, 0.3) is 0 Å². The van der Waals surface area contributed by atoms with Gasteiger partial charge in [-0.15, -0.1) is 0 Å². The highest BCUT2D eigenvalue weighted by Gasteiger charge is 2.19. The lowest BCUT2D eigenvalue weighted by molar-refractivity contribution is -0.167. The molecule has 0 rings (SSSR count). The average molecular weight is 1030 g/mol. The molecule has 0 spiro atoms. The highest BCUT2D eigenvalue weighted by Crippen LogP contribution is 2.17. The molecule has 0 aromatic carbocycles. The van der Waals surface area contributed by atoms with E-state index in [1.807, 2.05) is 0 Å². The van der Waals surface area contributed by atoms with Crippen molar-refractivity contribution in [2.75, 3.05) is 13.2 Å². The van der Waals surface area contributed by atoms with Gasteiger partial charge in [-0.2, -0.15) is 0 Å². The fourth-order valence-electron chi connectivity index (χ4n) is 9.71. The monoisotopic (exact) mass is 1020 g/mol. The average Bonchev–Trinajstić information content (AvgIpc) is 3.39. The van der Waals surface area contributed by atoms with Crippen LogP contribution in [0.15, 0.2) is 36.5 Å². The Bertz CT molecular complexity index is 1220. The third kappa shape index (κ3) is 60.4. The number of unbranched alkanes of at least 4 members (excludes halogenated alkanes) is 43. The molecule has 0 aliphatic heterocycles. The Hall–Kier alpha value is -2.37. The zero-order chi connectivity index (χ0) is 52.9. The maximum atomic E-state index is 12.9. The zero-order valence-corrected chi connectivity index (χ0v) is 49.2. The van der Waals surface area contributed by atoms with Crippen molar-refractivity contribution in [2.45, 2.75) is 361 Å². The van der Waals surface area contributed by atoms with Crippen LogP contribution in [0.1, 0.15) is 355 Å². The second-order valence-corrected chi connectivity index (χ2v) is 22.0. The van der Waals surface area contributed by atoms with Crippen LogP contribution >= 0.6 is 0 Å². The molecule has 0 fully saturated rings. The molecular weight excluding hydrogens is 901 g/mol. The third-order valence-corrected chi connectivity index (χ3v) is 14.6. The van der Waals surface area contributed by atoms with Gasteiger partial charge in [0.15, 0.2) is 6.10 Å². The van der Waals surface area contributed by atoms with E-state index in [2.05, 4.69) is 57.2 Å². The van der Waals surface area contributed by atoms with Crippen LogP contribution in [-0.4, -0.2) is 37.2 Å². The van der Waals surface area contributed by atoms with Crippen LogP contribution in [-0.2, 0) is 28.6 Å². The predicted octanol–water partition coefficient (Wildman–Crippen LogP) is 22.0. The molecule has 6 heteroatoms. The summed E-state index contributed by atoms with van der Waals surface area (Å²) >= 11 is 0. The molecule has 0 unspecified atom stereocenters. The number of carbonyl (C=O) groups excluding carboxylic acids is 3. The number of rotatable bonds is 60. The maximum absolute atomic E-state index is 12.9. The summed E-state index contributed by atoms with van der Waals surface area (Å²) in [7, 11) is 0. The number of esters is 3. The fourth-order valence-corrected chi connectivity index (χ4v) is 9.71. The van der Waals surface area contributed by atoms with Crippen molar-refractivity contribution in [1.29, 1.82) is 0 Å². The molecule has 0 saturated carbocycles. The lowest BCUT2D eigenvalue weighted by atomic mass is 10.0. The lowest BCUT2D eigenvalue weighted by Crippen LogP contribution is -2.30. The first-order chi connectivity index (χ1) is 36.0. The van der Waals surface area contributed by atoms with Crippen LogP contribution in [0.3, 0.4) is 0 Å². The van der Waals surface area contributed by atoms with Crippen molar-refractivity contribution in [3.05, 3.63) is 36.5 Å². The summed E-state index contributed by atoms with van der Waals surface area (Å²) in [6.45, 7) is 6.67. The number of hydrogen-bond acceptors (Lipinski definition) is 6. The van der Waals surface area contributed by atoms with E-state index in [1.54, 1.807) is 0 Å². The summed E-state index contributed by atoms with van der Waals surface area (Å²) in [5.74, 6) is -0.854. The lowest BCUT2D eigenvalue weighted by Gasteiger charge is -2.18. The van der Waals surface area contributed by atoms with Crippen molar-refractivity contribution in [1.82, 2.24) is 0 Å². The van der Waals surface area contributed by atoms with Gasteiger partial charge in [0.1, 0.15) is 13.2 Å². The van der Waals surface area contributed by atoms with Gasteiger partial charge in [-0.3, -0.25) is 14.4 Å². The maximum Gasteiger partial charge on any atom is 0.306 e. The molecule has 0 aromatic heterocycles. The SMILES string of the molecule is CCCCC/C=C\C/C=C\CCCCCCCCCCCC(=O)O[C@H](COC(=O)CCCCCCCCC/C=C\CCCCCCCC)COC(=O)CCCCCCCCCCCCCCCCCCCCC. The Labute approximate surface area is 455 Å². The molecule has 73 heavy (non-hydrogen) atoms. The number of allylic oxidation sites excluding steroid dienone is 6. The van der Waals surface area contributed by atoms with Crippen molar-refractivity contribution in [2.24, 2.45) is 0 Å². The molecule has 0 bridgehead atoms. The number of carbonyl (C=O) groups is 3. The topological polar surface area (TPSA) is 78.9 Å². The molecule has 0 aliphatic rings. The molecule has 0 amide bonds. The summed E-state index contributed by atoms with van der Waals surface area (Å²) in [5, 5.41) is 0. The Morgan fingerprint density at radius 2 is 0.493 bits per heavy atom. The van der Waals surface area contributed by atoms with Gasteiger partial charge in [0, 0.05) is 19.3 Å². The fraction of sp³-hybridized carbons (Fsp3) is 0.866. The number of ether oxygens (including phenoxy) is 3. The first-order valence-corrected chi connectivity index (χ1v) is 32.5. The van der Waals surface area contributed by atoms with Crippen LogP contribution in [0, 0.1) is 0 Å². The van der Waals surface area contributed by atoms with Gasteiger partial charge in [-0.1, -0.05) is 295 Å². The standard InChI is InChI=1S/C67H124O6/c1-4-7-10-13-16-19-22-25-28-31-33-36-39-42-45-48-51-54-57-60-66(69)72-63-64(62-71-65(68)59-56-53-50-47-44-41-38-35-30-27-24-21-18-15-12-9-6-3)73-67(70)61-58-55-52-49-46-43-40-37-34-32-29-26-23-20-17-14-11-8-5-2/h17,20,26-27,29-30,64H,4-16,18-19,21-25,28,31-63H2,1-3H3/b20-17-,29-26-,30-27-/t64-/m1/s1. The smallest absolute Gasteiger partial charge is 0.306 e. The molecule has 6 nitrogen and oxygen atoms in total. The normalized spacial score (nSPS) is 12.2. The Morgan fingerprint density at radius 3 is 0.795 bits per heavy atom. The second kappa shape index (κ2) is 62.2. The second-order valence-electron chi connectivity index (χ2n) is 22.0. The van der Waals surface area contributed by atoms with E-state index in [4.69, 9.17) is 14.2 Å². The van der Waals surface area contributed by atoms with Gasteiger partial charge in [-0.25, -0.2) is 0 Å². The van der Waals surface area contributed by atoms with E-state index in [0.717, 1.165) is 64.2 Å². The first-order valence-electron chi connectivity index (χ1n) is 32.5. The van der Waals surface area contributed by atoms with E-state index < -0.39 is 6.10 Å². The van der Waals surface area contributed by atoms with Gasteiger partial charge in [0.2, 0.25) is 0 Å². The Kier molecular flexibility index (Phi) is 60.2. The summed E-state index contributed by atoms with van der Waals surface area (Å²) in [5.41, 5.74) is 0. The van der Waals surface area contributed by atoms with Crippen molar-refractivity contribution >= 4 is 17.9 Å². The van der Waals surface area contributed by atoms with Crippen molar-refractivity contribution < 1.29 is 28.6 Å². The minimum absolute atomic E-state index is 0.0707. The Balaban J connectivity index is 4.34. The van der Waals surface area contributed by atoms with Crippen LogP contribution in [0.2, 0.25) is 0 Å². The van der Waals surface area contributed by atoms with Gasteiger partial charge in [0.05, 0.1) is 0 Å². The minimum atomic E-state index is -0.774. The summed E-state index contributed by atoms with van der Waals surface area (Å²) in [4.78, 5) is 38.3. The molecule has 0 heterocycles.